The number of fused-ring (bicyclic) bond motifs is 1. The molecule has 1 aromatic heterocycles. The first-order chi connectivity index (χ1) is 7.90. The summed E-state index contributed by atoms with van der Waals surface area (Å²) < 4.78 is 6.34. The first-order valence-electron chi connectivity index (χ1n) is 5.16. The van der Waals surface area contributed by atoms with Crippen molar-refractivity contribution in [2.24, 2.45) is 0 Å². The van der Waals surface area contributed by atoms with E-state index in [1.807, 2.05) is 17.6 Å². The van der Waals surface area contributed by atoms with Gasteiger partial charge in [0.2, 0.25) is 0 Å². The molecule has 16 heavy (non-hydrogen) atoms. The van der Waals surface area contributed by atoms with Crippen LogP contribution in [0.3, 0.4) is 0 Å². The number of anilines is 1. The Kier molecular flexibility index (Phi) is 4.10. The van der Waals surface area contributed by atoms with Crippen molar-refractivity contribution in [3.63, 3.8) is 0 Å². The number of nitrogens with zero attached hydrogens (tertiary/aromatic N) is 1. The van der Waals surface area contributed by atoms with E-state index in [0.29, 0.717) is 13.2 Å². The predicted octanol–water partition coefficient (Wildman–Crippen LogP) is 1.72. The summed E-state index contributed by atoms with van der Waals surface area (Å²) in [6.45, 7) is 1.81. The lowest BCUT2D eigenvalue weighted by Gasteiger charge is -2.06. The van der Waals surface area contributed by atoms with Gasteiger partial charge in [0.1, 0.15) is 0 Å². The van der Waals surface area contributed by atoms with Gasteiger partial charge >= 0.3 is 0 Å². The smallest absolute Gasteiger partial charge is 0.0813 e. The number of rotatable bonds is 6. The van der Waals surface area contributed by atoms with Crippen LogP contribution in [-0.2, 0) is 4.74 Å². The molecule has 2 rings (SSSR count). The largest absolute Gasteiger partial charge is 0.394 e. The Morgan fingerprint density at radius 3 is 3.19 bits per heavy atom. The highest BCUT2D eigenvalue weighted by Gasteiger charge is 1.97. The van der Waals surface area contributed by atoms with Crippen molar-refractivity contribution >= 4 is 27.2 Å². The van der Waals surface area contributed by atoms with Gasteiger partial charge in [-0.1, -0.05) is 0 Å². The number of aromatic nitrogens is 1. The molecule has 5 heteroatoms. The Balaban J connectivity index is 1.84. The first-order valence-corrected chi connectivity index (χ1v) is 6.04. The van der Waals surface area contributed by atoms with Crippen LogP contribution in [0.4, 0.5) is 5.69 Å². The number of thiazole rings is 1. The molecule has 0 radical (unpaired) electrons. The molecule has 0 aliphatic rings. The predicted molar refractivity (Wildman–Crippen MR) is 66.0 cm³/mol. The summed E-state index contributed by atoms with van der Waals surface area (Å²) in [5.41, 5.74) is 3.95. The summed E-state index contributed by atoms with van der Waals surface area (Å²) in [6, 6.07) is 6.09. The SMILES string of the molecule is OCCOCCNc1ccc2ncsc2c1. The second kappa shape index (κ2) is 5.79. The van der Waals surface area contributed by atoms with Crippen molar-refractivity contribution in [1.29, 1.82) is 0 Å². The fourth-order valence-corrected chi connectivity index (χ4v) is 2.12. The molecule has 0 fully saturated rings. The molecule has 0 bridgehead atoms. The van der Waals surface area contributed by atoms with E-state index >= 15 is 0 Å². The molecule has 0 saturated heterocycles. The van der Waals surface area contributed by atoms with Gasteiger partial charge in [0.15, 0.2) is 0 Å². The molecule has 1 heterocycles. The summed E-state index contributed by atoms with van der Waals surface area (Å²) in [5, 5.41) is 11.8. The van der Waals surface area contributed by atoms with E-state index in [9.17, 15) is 0 Å². The number of hydrogen-bond donors (Lipinski definition) is 2. The van der Waals surface area contributed by atoms with Gasteiger partial charge in [0.25, 0.3) is 0 Å². The normalized spacial score (nSPS) is 10.8. The van der Waals surface area contributed by atoms with Crippen molar-refractivity contribution in [2.45, 2.75) is 0 Å². The Morgan fingerprint density at radius 2 is 2.31 bits per heavy atom. The molecule has 0 aliphatic carbocycles. The Morgan fingerprint density at radius 1 is 1.38 bits per heavy atom. The van der Waals surface area contributed by atoms with Crippen molar-refractivity contribution in [3.05, 3.63) is 23.7 Å². The number of benzene rings is 1. The van der Waals surface area contributed by atoms with E-state index < -0.39 is 0 Å². The van der Waals surface area contributed by atoms with Crippen LogP contribution in [0.1, 0.15) is 0 Å². The zero-order valence-electron chi connectivity index (χ0n) is 8.85. The Bertz CT molecular complexity index is 444. The summed E-state index contributed by atoms with van der Waals surface area (Å²) in [7, 11) is 0. The van der Waals surface area contributed by atoms with E-state index in [1.54, 1.807) is 11.3 Å². The number of nitrogens with one attached hydrogen (secondary N) is 1. The molecule has 0 saturated carbocycles. The minimum Gasteiger partial charge on any atom is -0.394 e. The third-order valence-electron chi connectivity index (χ3n) is 2.14. The van der Waals surface area contributed by atoms with Crippen LogP contribution in [0.2, 0.25) is 0 Å². The van der Waals surface area contributed by atoms with Crippen LogP contribution < -0.4 is 5.32 Å². The number of ether oxygens (including phenoxy) is 1. The van der Waals surface area contributed by atoms with Crippen molar-refractivity contribution in [2.75, 3.05) is 31.7 Å². The monoisotopic (exact) mass is 238 g/mol. The quantitative estimate of drug-likeness (QED) is 0.752. The lowest BCUT2D eigenvalue weighted by molar-refractivity contribution is 0.0992. The number of hydrogen-bond acceptors (Lipinski definition) is 5. The highest BCUT2D eigenvalue weighted by atomic mass is 32.1. The third kappa shape index (κ3) is 2.91. The third-order valence-corrected chi connectivity index (χ3v) is 2.93. The van der Waals surface area contributed by atoms with Crippen molar-refractivity contribution in [1.82, 2.24) is 4.98 Å². The fraction of sp³-hybridized carbons (Fsp3) is 0.364. The molecular formula is C11H14N2O2S. The topological polar surface area (TPSA) is 54.4 Å². The maximum absolute atomic E-state index is 8.53. The summed E-state index contributed by atoms with van der Waals surface area (Å²) in [5.74, 6) is 0. The lowest BCUT2D eigenvalue weighted by Crippen LogP contribution is -2.11. The minimum absolute atomic E-state index is 0.0762. The standard InChI is InChI=1S/C11H14N2O2S/c14-4-6-15-5-3-12-9-1-2-10-11(7-9)16-8-13-10/h1-2,7-8,12,14H,3-6H2. The Labute approximate surface area is 97.9 Å². The number of aliphatic hydroxyl groups is 1. The zero-order chi connectivity index (χ0) is 11.2. The number of aliphatic hydroxyl groups excluding tert-OH is 1. The van der Waals surface area contributed by atoms with Gasteiger partial charge in [-0.25, -0.2) is 4.98 Å². The summed E-state index contributed by atoms with van der Waals surface area (Å²) in [4.78, 5) is 4.22. The molecule has 2 aromatic rings. The average Bonchev–Trinajstić information content (AvgIpc) is 2.76. The second-order valence-electron chi connectivity index (χ2n) is 3.30. The van der Waals surface area contributed by atoms with Crippen LogP contribution in [0.5, 0.6) is 0 Å². The Hall–Kier alpha value is -1.17. The van der Waals surface area contributed by atoms with Crippen LogP contribution in [-0.4, -0.2) is 36.5 Å². The van der Waals surface area contributed by atoms with Crippen LogP contribution in [0.25, 0.3) is 10.2 Å². The molecule has 0 atom stereocenters. The summed E-state index contributed by atoms with van der Waals surface area (Å²) in [6.07, 6.45) is 0. The molecule has 0 amide bonds. The van der Waals surface area contributed by atoms with Crippen molar-refractivity contribution in [3.8, 4) is 0 Å². The summed E-state index contributed by atoms with van der Waals surface area (Å²) >= 11 is 1.63. The van der Waals surface area contributed by atoms with E-state index in [-0.39, 0.29) is 6.61 Å². The molecule has 0 spiro atoms. The van der Waals surface area contributed by atoms with Crippen LogP contribution >= 0.6 is 11.3 Å². The van der Waals surface area contributed by atoms with Gasteiger partial charge in [-0.2, -0.15) is 0 Å². The van der Waals surface area contributed by atoms with Gasteiger partial charge < -0.3 is 15.2 Å². The van der Waals surface area contributed by atoms with Gasteiger partial charge in [0, 0.05) is 12.2 Å². The zero-order valence-corrected chi connectivity index (χ0v) is 9.67. The fourth-order valence-electron chi connectivity index (χ4n) is 1.40. The lowest BCUT2D eigenvalue weighted by atomic mass is 10.3. The van der Waals surface area contributed by atoms with Crippen LogP contribution in [0.15, 0.2) is 23.7 Å². The van der Waals surface area contributed by atoms with E-state index in [2.05, 4.69) is 16.4 Å². The highest BCUT2D eigenvalue weighted by molar-refractivity contribution is 7.16. The molecule has 4 nitrogen and oxygen atoms in total. The average molecular weight is 238 g/mol. The van der Waals surface area contributed by atoms with Gasteiger partial charge in [-0.15, -0.1) is 11.3 Å². The van der Waals surface area contributed by atoms with E-state index in [1.165, 1.54) is 4.70 Å². The molecule has 86 valence electrons. The van der Waals surface area contributed by atoms with Gasteiger partial charge in [-0.05, 0) is 18.2 Å². The van der Waals surface area contributed by atoms with Crippen LogP contribution in [0, 0.1) is 0 Å². The molecule has 0 unspecified atom stereocenters. The van der Waals surface area contributed by atoms with E-state index in [4.69, 9.17) is 9.84 Å². The van der Waals surface area contributed by atoms with E-state index in [0.717, 1.165) is 17.7 Å². The molecular weight excluding hydrogens is 224 g/mol. The molecule has 2 N–H and O–H groups in total. The van der Waals surface area contributed by atoms with Gasteiger partial charge in [0.05, 0.1) is 35.5 Å². The first kappa shape index (κ1) is 11.3. The minimum atomic E-state index is 0.0762. The highest BCUT2D eigenvalue weighted by Crippen LogP contribution is 2.21. The molecule has 0 aliphatic heterocycles. The van der Waals surface area contributed by atoms with Crippen molar-refractivity contribution < 1.29 is 9.84 Å². The second-order valence-corrected chi connectivity index (χ2v) is 4.18. The molecule has 1 aromatic carbocycles. The maximum atomic E-state index is 8.53. The maximum Gasteiger partial charge on any atom is 0.0813 e. The van der Waals surface area contributed by atoms with Gasteiger partial charge in [-0.3, -0.25) is 0 Å².